The summed E-state index contributed by atoms with van der Waals surface area (Å²) >= 11 is 0. The Morgan fingerprint density at radius 1 is 1.04 bits per heavy atom. The van der Waals surface area contributed by atoms with Crippen LogP contribution in [0.3, 0.4) is 0 Å². The van der Waals surface area contributed by atoms with Crippen molar-refractivity contribution < 1.29 is 9.18 Å². The molecule has 1 aliphatic heterocycles. The first-order valence-electron chi connectivity index (χ1n) is 9.60. The van der Waals surface area contributed by atoms with Crippen LogP contribution >= 0.6 is 0 Å². The molecule has 2 aromatic rings. The minimum atomic E-state index is -0.248. The second-order valence-electron chi connectivity index (χ2n) is 7.69. The summed E-state index contributed by atoms with van der Waals surface area (Å²) in [4.78, 5) is 15.4. The quantitative estimate of drug-likeness (QED) is 0.724. The van der Waals surface area contributed by atoms with E-state index in [-0.39, 0.29) is 23.4 Å². The Hall–Kier alpha value is -2.00. The molecular formula is C23H28FNO. The van der Waals surface area contributed by atoms with E-state index in [0.717, 1.165) is 38.0 Å². The fraction of sp³-hybridized carbons (Fsp3) is 0.435. The van der Waals surface area contributed by atoms with E-state index >= 15 is 0 Å². The molecule has 0 spiro atoms. The SMILES string of the molecule is CC(C)C(=O)C(c1ccc(F)cc1)C1CCN(Cc2ccccc2)CC1. The smallest absolute Gasteiger partial charge is 0.143 e. The number of hydrogen-bond donors (Lipinski definition) is 0. The number of piperidine rings is 1. The molecule has 1 unspecified atom stereocenters. The van der Waals surface area contributed by atoms with Gasteiger partial charge in [0.15, 0.2) is 0 Å². The molecule has 2 nitrogen and oxygen atoms in total. The Morgan fingerprint density at radius 2 is 1.65 bits per heavy atom. The maximum atomic E-state index is 13.3. The van der Waals surface area contributed by atoms with Crippen molar-refractivity contribution in [3.05, 3.63) is 71.5 Å². The summed E-state index contributed by atoms with van der Waals surface area (Å²) in [6.07, 6.45) is 2.01. The molecule has 3 rings (SSSR count). The van der Waals surface area contributed by atoms with Gasteiger partial charge in [0.05, 0.1) is 0 Å². The van der Waals surface area contributed by atoms with Gasteiger partial charge >= 0.3 is 0 Å². The first kappa shape index (κ1) is 18.8. The van der Waals surface area contributed by atoms with Gasteiger partial charge in [-0.25, -0.2) is 4.39 Å². The number of rotatable bonds is 6. The molecule has 0 saturated carbocycles. The van der Waals surface area contributed by atoms with Crippen molar-refractivity contribution in [3.63, 3.8) is 0 Å². The summed E-state index contributed by atoms with van der Waals surface area (Å²) in [6.45, 7) is 6.89. The monoisotopic (exact) mass is 353 g/mol. The molecule has 138 valence electrons. The van der Waals surface area contributed by atoms with E-state index in [1.807, 2.05) is 19.9 Å². The van der Waals surface area contributed by atoms with E-state index < -0.39 is 0 Å². The molecular weight excluding hydrogens is 325 g/mol. The number of carbonyl (C=O) groups excluding carboxylic acids is 1. The number of ketones is 1. The lowest BCUT2D eigenvalue weighted by Crippen LogP contribution is -2.37. The van der Waals surface area contributed by atoms with E-state index in [2.05, 4.69) is 29.2 Å². The summed E-state index contributed by atoms with van der Waals surface area (Å²) < 4.78 is 13.3. The Morgan fingerprint density at radius 3 is 2.23 bits per heavy atom. The largest absolute Gasteiger partial charge is 0.299 e. The summed E-state index contributed by atoms with van der Waals surface area (Å²) in [5, 5.41) is 0. The van der Waals surface area contributed by atoms with Gasteiger partial charge < -0.3 is 0 Å². The average molecular weight is 353 g/mol. The first-order valence-corrected chi connectivity index (χ1v) is 9.60. The molecule has 0 amide bonds. The second-order valence-corrected chi connectivity index (χ2v) is 7.69. The van der Waals surface area contributed by atoms with Crippen LogP contribution in [0.15, 0.2) is 54.6 Å². The molecule has 1 atom stereocenters. The highest BCUT2D eigenvalue weighted by atomic mass is 19.1. The number of Topliss-reactive ketones (excluding diaryl/α,β-unsaturated/α-hetero) is 1. The van der Waals surface area contributed by atoms with Crippen LogP contribution in [-0.4, -0.2) is 23.8 Å². The molecule has 26 heavy (non-hydrogen) atoms. The van der Waals surface area contributed by atoms with Crippen LogP contribution in [0.4, 0.5) is 4.39 Å². The van der Waals surface area contributed by atoms with Crippen LogP contribution < -0.4 is 0 Å². The highest BCUT2D eigenvalue weighted by molar-refractivity contribution is 5.87. The lowest BCUT2D eigenvalue weighted by molar-refractivity contribution is -0.125. The summed E-state index contributed by atoms with van der Waals surface area (Å²) in [5.74, 6) is 0.240. The normalized spacial score (nSPS) is 17.4. The molecule has 1 saturated heterocycles. The predicted octanol–water partition coefficient (Wildman–Crippen LogP) is 5.05. The molecule has 1 fully saturated rings. The van der Waals surface area contributed by atoms with Crippen LogP contribution in [0.5, 0.6) is 0 Å². The standard InChI is InChI=1S/C23H28FNO/c1-17(2)23(26)22(19-8-10-21(24)11-9-19)20-12-14-25(15-13-20)16-18-6-4-3-5-7-18/h3-11,17,20,22H,12-16H2,1-2H3. The summed E-state index contributed by atoms with van der Waals surface area (Å²) in [6, 6.07) is 17.0. The molecule has 3 heteroatoms. The molecule has 0 radical (unpaired) electrons. The highest BCUT2D eigenvalue weighted by Crippen LogP contribution is 2.35. The minimum absolute atomic E-state index is 0.00704. The number of benzene rings is 2. The van der Waals surface area contributed by atoms with Gasteiger partial charge in [0.25, 0.3) is 0 Å². The topological polar surface area (TPSA) is 20.3 Å². The lowest BCUT2D eigenvalue weighted by atomic mass is 9.75. The number of likely N-dealkylation sites (tertiary alicyclic amines) is 1. The van der Waals surface area contributed by atoms with Crippen molar-refractivity contribution in [1.29, 1.82) is 0 Å². The molecule has 0 N–H and O–H groups in total. The van der Waals surface area contributed by atoms with Crippen LogP contribution in [0.1, 0.15) is 43.7 Å². The first-order chi connectivity index (χ1) is 12.5. The minimum Gasteiger partial charge on any atom is -0.299 e. The Kier molecular flexibility index (Phi) is 6.20. The average Bonchev–Trinajstić information content (AvgIpc) is 2.65. The van der Waals surface area contributed by atoms with Crippen molar-refractivity contribution in [2.45, 2.75) is 39.2 Å². The third-order valence-corrected chi connectivity index (χ3v) is 5.46. The van der Waals surface area contributed by atoms with Crippen molar-refractivity contribution in [2.75, 3.05) is 13.1 Å². The van der Waals surface area contributed by atoms with E-state index in [4.69, 9.17) is 0 Å². The van der Waals surface area contributed by atoms with E-state index in [1.54, 1.807) is 12.1 Å². The van der Waals surface area contributed by atoms with Crippen LogP contribution in [0.2, 0.25) is 0 Å². The number of hydrogen-bond acceptors (Lipinski definition) is 2. The molecule has 0 aliphatic carbocycles. The lowest BCUT2D eigenvalue weighted by Gasteiger charge is -2.36. The van der Waals surface area contributed by atoms with Gasteiger partial charge in [-0.1, -0.05) is 56.3 Å². The third-order valence-electron chi connectivity index (χ3n) is 5.46. The number of carbonyl (C=O) groups is 1. The van der Waals surface area contributed by atoms with E-state index in [9.17, 15) is 9.18 Å². The van der Waals surface area contributed by atoms with Crippen molar-refractivity contribution in [1.82, 2.24) is 4.90 Å². The van der Waals surface area contributed by atoms with Gasteiger partial charge in [-0.3, -0.25) is 9.69 Å². The zero-order valence-electron chi connectivity index (χ0n) is 15.7. The summed E-state index contributed by atoms with van der Waals surface area (Å²) in [5.41, 5.74) is 2.30. The van der Waals surface area contributed by atoms with Crippen LogP contribution in [-0.2, 0) is 11.3 Å². The van der Waals surface area contributed by atoms with Crippen molar-refractivity contribution >= 4 is 5.78 Å². The number of nitrogens with zero attached hydrogens (tertiary/aromatic N) is 1. The van der Waals surface area contributed by atoms with Gasteiger partial charge in [0.2, 0.25) is 0 Å². The Balaban J connectivity index is 1.69. The Bertz CT molecular complexity index is 703. The zero-order chi connectivity index (χ0) is 18.5. The maximum absolute atomic E-state index is 13.3. The van der Waals surface area contributed by atoms with Crippen molar-refractivity contribution in [2.24, 2.45) is 11.8 Å². The van der Waals surface area contributed by atoms with Crippen molar-refractivity contribution in [3.8, 4) is 0 Å². The molecule has 1 aliphatic rings. The summed E-state index contributed by atoms with van der Waals surface area (Å²) in [7, 11) is 0. The second kappa shape index (κ2) is 8.59. The van der Waals surface area contributed by atoms with Crippen LogP contribution in [0, 0.1) is 17.7 Å². The Labute approximate surface area is 156 Å². The van der Waals surface area contributed by atoms with Crippen LogP contribution in [0.25, 0.3) is 0 Å². The van der Waals surface area contributed by atoms with Gasteiger partial charge in [-0.15, -0.1) is 0 Å². The predicted molar refractivity (Wildman–Crippen MR) is 103 cm³/mol. The highest BCUT2D eigenvalue weighted by Gasteiger charge is 2.33. The molecule has 0 bridgehead atoms. The van der Waals surface area contributed by atoms with Gasteiger partial charge in [-0.05, 0) is 55.1 Å². The van der Waals surface area contributed by atoms with Gasteiger partial charge in [0, 0.05) is 18.4 Å². The fourth-order valence-electron chi connectivity index (χ4n) is 3.98. The van der Waals surface area contributed by atoms with Gasteiger partial charge in [-0.2, -0.15) is 0 Å². The molecule has 0 aromatic heterocycles. The van der Waals surface area contributed by atoms with E-state index in [0.29, 0.717) is 5.92 Å². The van der Waals surface area contributed by atoms with Gasteiger partial charge in [0.1, 0.15) is 11.6 Å². The molecule has 2 aromatic carbocycles. The number of halogens is 1. The zero-order valence-corrected chi connectivity index (χ0v) is 15.7. The third kappa shape index (κ3) is 4.59. The molecule has 1 heterocycles. The fourth-order valence-corrected chi connectivity index (χ4v) is 3.98. The van der Waals surface area contributed by atoms with E-state index in [1.165, 1.54) is 17.7 Å². The maximum Gasteiger partial charge on any atom is 0.143 e.